The molecule has 2 heterocycles. The van der Waals surface area contributed by atoms with Gasteiger partial charge in [0.2, 0.25) is 0 Å². The van der Waals surface area contributed by atoms with Gasteiger partial charge < -0.3 is 15.7 Å². The molecule has 1 amide bonds. The highest BCUT2D eigenvalue weighted by Crippen LogP contribution is 2.28. The van der Waals surface area contributed by atoms with Crippen LogP contribution in [0.5, 0.6) is 0 Å². The van der Waals surface area contributed by atoms with E-state index in [4.69, 9.17) is 0 Å². The normalized spacial score (nSPS) is 19.9. The van der Waals surface area contributed by atoms with Crippen LogP contribution in [-0.4, -0.2) is 38.6 Å². The molecule has 150 valence electrons. The standard InChI is InChI=1S/C18H20F3N5O2/c19-18(20,21)14-6-3-12(10-24-14)26-17(28)15-16(23-8-7-22-15)25-9-11-1-4-13(27)5-2-11/h3,6-8,10-11,13,27H,1-2,4-5,9H2,(H,23,25)(H,26,28). The highest BCUT2D eigenvalue weighted by molar-refractivity contribution is 6.05. The van der Waals surface area contributed by atoms with E-state index in [1.807, 2.05) is 0 Å². The number of carbonyl (C=O) groups is 1. The van der Waals surface area contributed by atoms with Crippen molar-refractivity contribution in [2.24, 2.45) is 5.92 Å². The summed E-state index contributed by atoms with van der Waals surface area (Å²) in [5.74, 6) is 0.0580. The van der Waals surface area contributed by atoms with E-state index in [9.17, 15) is 23.1 Å². The molecule has 0 aromatic carbocycles. The van der Waals surface area contributed by atoms with E-state index in [0.29, 0.717) is 18.3 Å². The lowest BCUT2D eigenvalue weighted by atomic mass is 9.87. The summed E-state index contributed by atoms with van der Waals surface area (Å²) >= 11 is 0. The van der Waals surface area contributed by atoms with Crippen LogP contribution in [0.3, 0.4) is 0 Å². The minimum Gasteiger partial charge on any atom is -0.393 e. The molecule has 3 rings (SSSR count). The van der Waals surface area contributed by atoms with Gasteiger partial charge in [0, 0.05) is 18.9 Å². The molecule has 0 aliphatic heterocycles. The molecule has 0 atom stereocenters. The molecule has 10 heteroatoms. The predicted octanol–water partition coefficient (Wildman–Crippen LogP) is 3.11. The van der Waals surface area contributed by atoms with E-state index in [1.54, 1.807) is 0 Å². The first-order chi connectivity index (χ1) is 13.3. The summed E-state index contributed by atoms with van der Waals surface area (Å²) in [7, 11) is 0. The number of pyridine rings is 1. The van der Waals surface area contributed by atoms with E-state index in [-0.39, 0.29) is 17.5 Å². The van der Waals surface area contributed by atoms with Crippen molar-refractivity contribution < 1.29 is 23.1 Å². The third kappa shape index (κ3) is 5.16. The molecule has 0 unspecified atom stereocenters. The van der Waals surface area contributed by atoms with Crippen LogP contribution in [0.2, 0.25) is 0 Å². The zero-order valence-corrected chi connectivity index (χ0v) is 14.9. The van der Waals surface area contributed by atoms with Gasteiger partial charge in [-0.3, -0.25) is 4.79 Å². The second-order valence-electron chi connectivity index (χ2n) is 6.69. The molecule has 1 saturated carbocycles. The topological polar surface area (TPSA) is 100 Å². The molecule has 1 fully saturated rings. The number of aromatic nitrogens is 3. The van der Waals surface area contributed by atoms with Crippen LogP contribution in [0.15, 0.2) is 30.7 Å². The van der Waals surface area contributed by atoms with Gasteiger partial charge in [-0.05, 0) is 43.7 Å². The van der Waals surface area contributed by atoms with Gasteiger partial charge in [-0.15, -0.1) is 0 Å². The lowest BCUT2D eigenvalue weighted by molar-refractivity contribution is -0.141. The van der Waals surface area contributed by atoms with Crippen molar-refractivity contribution in [2.75, 3.05) is 17.2 Å². The van der Waals surface area contributed by atoms with E-state index < -0.39 is 17.8 Å². The Balaban J connectivity index is 1.64. The highest BCUT2D eigenvalue weighted by Gasteiger charge is 2.32. The third-order valence-electron chi connectivity index (χ3n) is 4.60. The molecule has 1 aliphatic carbocycles. The van der Waals surface area contributed by atoms with Crippen LogP contribution in [0.4, 0.5) is 24.7 Å². The van der Waals surface area contributed by atoms with Gasteiger partial charge in [0.05, 0.1) is 18.0 Å². The Morgan fingerprint density at radius 1 is 1.11 bits per heavy atom. The molecule has 3 N–H and O–H groups in total. The SMILES string of the molecule is O=C(Nc1ccc(C(F)(F)F)nc1)c1nccnc1NCC1CCC(O)CC1. The first kappa shape index (κ1) is 20.0. The Morgan fingerprint density at radius 2 is 1.82 bits per heavy atom. The summed E-state index contributed by atoms with van der Waals surface area (Å²) in [5.41, 5.74) is -0.876. The Morgan fingerprint density at radius 3 is 2.46 bits per heavy atom. The number of rotatable bonds is 5. The summed E-state index contributed by atoms with van der Waals surface area (Å²) in [6, 6.07) is 1.92. The van der Waals surface area contributed by atoms with Crippen molar-refractivity contribution in [3.05, 3.63) is 42.1 Å². The number of amides is 1. The van der Waals surface area contributed by atoms with Gasteiger partial charge in [0.25, 0.3) is 5.91 Å². The number of hydrogen-bond acceptors (Lipinski definition) is 6. The van der Waals surface area contributed by atoms with Gasteiger partial charge >= 0.3 is 6.18 Å². The first-order valence-electron chi connectivity index (χ1n) is 8.90. The molecular formula is C18H20F3N5O2. The van der Waals surface area contributed by atoms with Crippen molar-refractivity contribution in [3.8, 4) is 0 Å². The maximum Gasteiger partial charge on any atom is 0.433 e. The summed E-state index contributed by atoms with van der Waals surface area (Å²) in [6.45, 7) is 0.591. The summed E-state index contributed by atoms with van der Waals surface area (Å²) in [5, 5.41) is 15.2. The molecule has 2 aromatic heterocycles. The number of nitrogens with zero attached hydrogens (tertiary/aromatic N) is 3. The number of anilines is 2. The second kappa shape index (κ2) is 8.51. The van der Waals surface area contributed by atoms with Gasteiger partial charge in [0.1, 0.15) is 5.69 Å². The average Bonchev–Trinajstić information content (AvgIpc) is 2.67. The van der Waals surface area contributed by atoms with Crippen molar-refractivity contribution in [1.29, 1.82) is 0 Å². The van der Waals surface area contributed by atoms with Gasteiger partial charge in [0.15, 0.2) is 11.5 Å². The number of aliphatic hydroxyl groups excluding tert-OH is 1. The van der Waals surface area contributed by atoms with Crippen LogP contribution in [0.25, 0.3) is 0 Å². The van der Waals surface area contributed by atoms with E-state index in [2.05, 4.69) is 25.6 Å². The Hall–Kier alpha value is -2.75. The smallest absolute Gasteiger partial charge is 0.393 e. The van der Waals surface area contributed by atoms with E-state index in [0.717, 1.165) is 44.0 Å². The lowest BCUT2D eigenvalue weighted by Crippen LogP contribution is -2.25. The van der Waals surface area contributed by atoms with Crippen LogP contribution in [-0.2, 0) is 6.18 Å². The molecule has 7 nitrogen and oxygen atoms in total. The quantitative estimate of drug-likeness (QED) is 0.719. The van der Waals surface area contributed by atoms with Gasteiger partial charge in [-0.1, -0.05) is 0 Å². The fraction of sp³-hybridized carbons (Fsp3) is 0.444. The number of halogens is 3. The zero-order valence-electron chi connectivity index (χ0n) is 14.9. The molecule has 2 aromatic rings. The molecule has 0 bridgehead atoms. The van der Waals surface area contributed by atoms with Gasteiger partial charge in [-0.2, -0.15) is 13.2 Å². The summed E-state index contributed by atoms with van der Waals surface area (Å²) in [4.78, 5) is 24.0. The molecule has 0 saturated heterocycles. The van der Waals surface area contributed by atoms with Crippen molar-refractivity contribution in [1.82, 2.24) is 15.0 Å². The molecule has 28 heavy (non-hydrogen) atoms. The number of nitrogens with one attached hydrogen (secondary N) is 2. The van der Waals surface area contributed by atoms with Crippen LogP contribution < -0.4 is 10.6 Å². The van der Waals surface area contributed by atoms with Crippen molar-refractivity contribution >= 4 is 17.4 Å². The van der Waals surface area contributed by atoms with Crippen molar-refractivity contribution in [2.45, 2.75) is 38.0 Å². The van der Waals surface area contributed by atoms with E-state index in [1.165, 1.54) is 12.4 Å². The lowest BCUT2D eigenvalue weighted by Gasteiger charge is -2.25. The number of hydrogen-bond donors (Lipinski definition) is 3. The van der Waals surface area contributed by atoms with Gasteiger partial charge in [-0.25, -0.2) is 15.0 Å². The fourth-order valence-corrected chi connectivity index (χ4v) is 3.05. The van der Waals surface area contributed by atoms with E-state index >= 15 is 0 Å². The maximum atomic E-state index is 12.6. The third-order valence-corrected chi connectivity index (χ3v) is 4.60. The maximum absolute atomic E-state index is 12.6. The largest absolute Gasteiger partial charge is 0.433 e. The molecule has 0 spiro atoms. The molecular weight excluding hydrogens is 375 g/mol. The Bertz CT molecular complexity index is 806. The number of aliphatic hydroxyl groups is 1. The number of carbonyl (C=O) groups excluding carboxylic acids is 1. The van der Waals surface area contributed by atoms with Crippen LogP contribution >= 0.6 is 0 Å². The minimum absolute atomic E-state index is 0.0400. The van der Waals surface area contributed by atoms with Crippen molar-refractivity contribution in [3.63, 3.8) is 0 Å². The molecule has 1 aliphatic rings. The fourth-order valence-electron chi connectivity index (χ4n) is 3.05. The summed E-state index contributed by atoms with van der Waals surface area (Å²) in [6.07, 6.45) is 2.23. The Labute approximate surface area is 159 Å². The Kier molecular flexibility index (Phi) is 6.08. The minimum atomic E-state index is -4.54. The average molecular weight is 395 g/mol. The van der Waals surface area contributed by atoms with Crippen LogP contribution in [0, 0.1) is 5.92 Å². The highest BCUT2D eigenvalue weighted by atomic mass is 19.4. The predicted molar refractivity (Wildman–Crippen MR) is 95.7 cm³/mol. The summed E-state index contributed by atoms with van der Waals surface area (Å²) < 4.78 is 37.7. The zero-order chi connectivity index (χ0) is 20.1. The van der Waals surface area contributed by atoms with Crippen LogP contribution in [0.1, 0.15) is 41.9 Å². The first-order valence-corrected chi connectivity index (χ1v) is 8.90. The molecule has 0 radical (unpaired) electrons. The second-order valence-corrected chi connectivity index (χ2v) is 6.69. The number of alkyl halides is 3. The monoisotopic (exact) mass is 395 g/mol.